The molecule has 0 radical (unpaired) electrons. The van der Waals surface area contributed by atoms with Crippen molar-refractivity contribution in [2.45, 2.75) is 26.2 Å². The van der Waals surface area contributed by atoms with Gasteiger partial charge in [0.15, 0.2) is 5.78 Å². The molecule has 78 valence electrons. The third-order valence-corrected chi connectivity index (χ3v) is 2.98. The van der Waals surface area contributed by atoms with Crippen LogP contribution in [0.1, 0.15) is 36.5 Å². The predicted octanol–water partition coefficient (Wildman–Crippen LogP) is 2.02. The number of ketones is 2. The van der Waals surface area contributed by atoms with Crippen molar-refractivity contribution >= 4 is 11.6 Å². The molecule has 3 nitrogen and oxygen atoms in total. The van der Waals surface area contributed by atoms with Crippen LogP contribution in [0, 0.1) is 5.41 Å². The summed E-state index contributed by atoms with van der Waals surface area (Å²) in [6.45, 7) is 1.92. The number of carbonyl (C=O) groups is 2. The van der Waals surface area contributed by atoms with E-state index in [1.54, 1.807) is 18.3 Å². The SMILES string of the molecule is CC1(C(=O)CC(=O)c2cccnc2)CC1. The summed E-state index contributed by atoms with van der Waals surface area (Å²) in [7, 11) is 0. The molecule has 0 amide bonds. The first-order valence-corrected chi connectivity index (χ1v) is 5.08. The van der Waals surface area contributed by atoms with Gasteiger partial charge in [0.25, 0.3) is 0 Å². The Kier molecular flexibility index (Phi) is 2.39. The number of aromatic nitrogens is 1. The van der Waals surface area contributed by atoms with Gasteiger partial charge in [0.05, 0.1) is 6.42 Å². The normalized spacial score (nSPS) is 17.1. The van der Waals surface area contributed by atoms with Crippen LogP contribution in [0.3, 0.4) is 0 Å². The fourth-order valence-electron chi connectivity index (χ4n) is 1.46. The number of carbonyl (C=O) groups excluding carboxylic acids is 2. The third-order valence-electron chi connectivity index (χ3n) is 2.98. The van der Waals surface area contributed by atoms with Crippen LogP contribution in [-0.2, 0) is 4.79 Å². The van der Waals surface area contributed by atoms with Gasteiger partial charge in [-0.2, -0.15) is 0 Å². The van der Waals surface area contributed by atoms with Gasteiger partial charge in [0.2, 0.25) is 0 Å². The van der Waals surface area contributed by atoms with Crippen LogP contribution in [0.2, 0.25) is 0 Å². The first-order chi connectivity index (χ1) is 7.12. The second-order valence-corrected chi connectivity index (χ2v) is 4.33. The molecule has 1 aromatic heterocycles. The minimum Gasteiger partial charge on any atom is -0.299 e. The molecule has 0 bridgehead atoms. The maximum atomic E-state index is 11.7. The highest BCUT2D eigenvalue weighted by Gasteiger charge is 2.44. The maximum Gasteiger partial charge on any atom is 0.171 e. The number of nitrogens with zero attached hydrogens (tertiary/aromatic N) is 1. The summed E-state index contributed by atoms with van der Waals surface area (Å²) in [4.78, 5) is 27.2. The zero-order valence-electron chi connectivity index (χ0n) is 8.69. The Hall–Kier alpha value is -1.51. The van der Waals surface area contributed by atoms with Crippen molar-refractivity contribution < 1.29 is 9.59 Å². The van der Waals surface area contributed by atoms with Crippen LogP contribution in [0.15, 0.2) is 24.5 Å². The maximum absolute atomic E-state index is 11.7. The zero-order chi connectivity index (χ0) is 10.9. The average molecular weight is 203 g/mol. The highest BCUT2D eigenvalue weighted by atomic mass is 16.1. The summed E-state index contributed by atoms with van der Waals surface area (Å²) < 4.78 is 0. The molecule has 0 N–H and O–H groups in total. The van der Waals surface area contributed by atoms with Crippen LogP contribution in [0.4, 0.5) is 0 Å². The molecular formula is C12H13NO2. The van der Waals surface area contributed by atoms with Gasteiger partial charge in [-0.25, -0.2) is 0 Å². The van der Waals surface area contributed by atoms with Crippen molar-refractivity contribution in [3.8, 4) is 0 Å². The zero-order valence-corrected chi connectivity index (χ0v) is 8.69. The van der Waals surface area contributed by atoms with Crippen molar-refractivity contribution in [3.05, 3.63) is 30.1 Å². The van der Waals surface area contributed by atoms with E-state index in [2.05, 4.69) is 4.98 Å². The number of pyridine rings is 1. The Labute approximate surface area is 88.5 Å². The quantitative estimate of drug-likeness (QED) is 0.555. The molecule has 3 heteroatoms. The lowest BCUT2D eigenvalue weighted by Gasteiger charge is -2.05. The lowest BCUT2D eigenvalue weighted by atomic mass is 9.97. The molecule has 1 fully saturated rings. The highest BCUT2D eigenvalue weighted by Crippen LogP contribution is 2.46. The van der Waals surface area contributed by atoms with E-state index >= 15 is 0 Å². The van der Waals surface area contributed by atoms with Gasteiger partial charge in [0.1, 0.15) is 5.78 Å². The summed E-state index contributed by atoms with van der Waals surface area (Å²) in [6, 6.07) is 3.40. The van der Waals surface area contributed by atoms with Gasteiger partial charge >= 0.3 is 0 Å². The van der Waals surface area contributed by atoms with E-state index in [1.165, 1.54) is 6.20 Å². The van der Waals surface area contributed by atoms with Gasteiger partial charge in [-0.1, -0.05) is 6.92 Å². The first-order valence-electron chi connectivity index (χ1n) is 5.08. The lowest BCUT2D eigenvalue weighted by molar-refractivity contribution is -0.122. The minimum absolute atomic E-state index is 0.0161. The summed E-state index contributed by atoms with van der Waals surface area (Å²) in [5, 5.41) is 0. The second-order valence-electron chi connectivity index (χ2n) is 4.33. The number of hydrogen-bond donors (Lipinski definition) is 0. The largest absolute Gasteiger partial charge is 0.299 e. The number of Topliss-reactive ketones (excluding diaryl/α,β-unsaturated/α-hetero) is 2. The molecule has 1 saturated carbocycles. The molecule has 1 aliphatic carbocycles. The van der Waals surface area contributed by atoms with Crippen LogP contribution in [-0.4, -0.2) is 16.6 Å². The molecule has 2 rings (SSSR count). The summed E-state index contributed by atoms with van der Waals surface area (Å²) >= 11 is 0. The smallest absolute Gasteiger partial charge is 0.171 e. The van der Waals surface area contributed by atoms with Crippen LogP contribution >= 0.6 is 0 Å². The van der Waals surface area contributed by atoms with Gasteiger partial charge in [-0.05, 0) is 25.0 Å². The van der Waals surface area contributed by atoms with Crippen molar-refractivity contribution in [3.63, 3.8) is 0 Å². The molecule has 15 heavy (non-hydrogen) atoms. The third kappa shape index (κ3) is 2.12. The molecule has 1 aromatic rings. The molecule has 1 heterocycles. The summed E-state index contributed by atoms with van der Waals surface area (Å²) in [6.07, 6.45) is 4.98. The predicted molar refractivity (Wildman–Crippen MR) is 55.5 cm³/mol. The van der Waals surface area contributed by atoms with Crippen LogP contribution in [0.25, 0.3) is 0 Å². The molecule has 0 aromatic carbocycles. The van der Waals surface area contributed by atoms with E-state index in [4.69, 9.17) is 0 Å². The number of hydrogen-bond acceptors (Lipinski definition) is 3. The van der Waals surface area contributed by atoms with Gasteiger partial charge in [-0.3, -0.25) is 14.6 Å². The van der Waals surface area contributed by atoms with E-state index in [0.29, 0.717) is 5.56 Å². The van der Waals surface area contributed by atoms with E-state index in [9.17, 15) is 9.59 Å². The van der Waals surface area contributed by atoms with Gasteiger partial charge in [-0.15, -0.1) is 0 Å². The summed E-state index contributed by atoms with van der Waals surface area (Å²) in [5.74, 6) is -0.0578. The average Bonchev–Trinajstić information content (AvgIpc) is 2.99. The van der Waals surface area contributed by atoms with E-state index in [0.717, 1.165) is 12.8 Å². The van der Waals surface area contributed by atoms with E-state index < -0.39 is 0 Å². The molecule has 1 aliphatic rings. The molecular weight excluding hydrogens is 190 g/mol. The van der Waals surface area contributed by atoms with Gasteiger partial charge < -0.3 is 0 Å². The highest BCUT2D eigenvalue weighted by molar-refractivity contribution is 6.09. The summed E-state index contributed by atoms with van der Waals surface area (Å²) in [5.41, 5.74) is 0.313. The Bertz CT molecular complexity index is 393. The Balaban J connectivity index is 2.02. The van der Waals surface area contributed by atoms with Crippen molar-refractivity contribution in [1.29, 1.82) is 0 Å². The Morgan fingerprint density at radius 1 is 1.47 bits per heavy atom. The standard InChI is InChI=1S/C12H13NO2/c1-12(4-5-12)11(15)7-10(14)9-3-2-6-13-8-9/h2-3,6,8H,4-5,7H2,1H3. The first kappa shape index (κ1) is 10.0. The van der Waals surface area contributed by atoms with E-state index in [1.807, 2.05) is 6.92 Å². The topological polar surface area (TPSA) is 47.0 Å². The molecule has 0 unspecified atom stereocenters. The Morgan fingerprint density at radius 2 is 2.20 bits per heavy atom. The van der Waals surface area contributed by atoms with Crippen molar-refractivity contribution in [2.24, 2.45) is 5.41 Å². The van der Waals surface area contributed by atoms with Crippen LogP contribution in [0.5, 0.6) is 0 Å². The van der Waals surface area contributed by atoms with Crippen molar-refractivity contribution in [1.82, 2.24) is 4.98 Å². The minimum atomic E-state index is -0.210. The lowest BCUT2D eigenvalue weighted by Crippen LogP contribution is -2.16. The number of rotatable bonds is 4. The van der Waals surface area contributed by atoms with Gasteiger partial charge in [0, 0.05) is 23.4 Å². The monoisotopic (exact) mass is 203 g/mol. The fourth-order valence-corrected chi connectivity index (χ4v) is 1.46. The second kappa shape index (κ2) is 3.57. The fraction of sp³-hybridized carbons (Fsp3) is 0.417. The van der Waals surface area contributed by atoms with E-state index in [-0.39, 0.29) is 23.4 Å². The molecule has 0 aliphatic heterocycles. The van der Waals surface area contributed by atoms with Crippen LogP contribution < -0.4 is 0 Å². The van der Waals surface area contributed by atoms with Crippen molar-refractivity contribution in [2.75, 3.05) is 0 Å². The molecule has 0 spiro atoms. The molecule has 0 atom stereocenters. The molecule has 0 saturated heterocycles. The Morgan fingerprint density at radius 3 is 2.73 bits per heavy atom.